The van der Waals surface area contributed by atoms with Gasteiger partial charge >= 0.3 is 35.8 Å². The molecule has 16 nitrogen and oxygen atoms in total. The first-order chi connectivity index (χ1) is 25.2. The molecule has 0 unspecified atom stereocenters. The van der Waals surface area contributed by atoms with Crippen LogP contribution in [0.2, 0.25) is 0 Å². The number of hydrogen-bond donors (Lipinski definition) is 2. The van der Waals surface area contributed by atoms with Crippen LogP contribution in [0.1, 0.15) is 99.8 Å². The predicted octanol–water partition coefficient (Wildman–Crippen LogP) is 2.30. The Morgan fingerprint density at radius 1 is 0.796 bits per heavy atom. The van der Waals surface area contributed by atoms with Crippen LogP contribution in [0.5, 0.6) is 0 Å². The average molecular weight is 769 g/mol. The summed E-state index contributed by atoms with van der Waals surface area (Å²) < 4.78 is 44.7. The van der Waals surface area contributed by atoms with Crippen LogP contribution >= 0.6 is 0 Å². The van der Waals surface area contributed by atoms with Crippen LogP contribution in [0.15, 0.2) is 0 Å². The number of ether oxygens (including phenoxy) is 8. The fourth-order valence-corrected chi connectivity index (χ4v) is 11.1. The highest BCUT2D eigenvalue weighted by atomic mass is 16.7. The number of carbonyl (C=O) groups excluding carboxylic acids is 6. The third kappa shape index (κ3) is 7.85. The predicted molar refractivity (Wildman–Crippen MR) is 182 cm³/mol. The van der Waals surface area contributed by atoms with Gasteiger partial charge in [-0.1, -0.05) is 13.8 Å². The van der Waals surface area contributed by atoms with E-state index in [1.54, 1.807) is 0 Å². The van der Waals surface area contributed by atoms with E-state index in [-0.39, 0.29) is 42.1 Å². The van der Waals surface area contributed by atoms with Crippen molar-refractivity contribution < 1.29 is 76.9 Å². The molecule has 0 aromatic carbocycles. The smallest absolute Gasteiger partial charge is 0.339 e. The number of rotatable bonds is 10. The fraction of sp³-hybridized carbons (Fsp3) is 0.842. The molecule has 0 aromatic rings. The lowest BCUT2D eigenvalue weighted by molar-refractivity contribution is -0.315. The second-order valence-corrected chi connectivity index (χ2v) is 16.3. The lowest BCUT2D eigenvalue weighted by Crippen LogP contribution is -2.65. The maximum Gasteiger partial charge on any atom is 0.339 e. The molecule has 4 aliphatic carbocycles. The SMILES string of the molecule is COC(=O)[C@H]1O[C@@H](O[C@@H]2CC[C@]3(C)[C@H](CC[C@@H]4[C@@H]3[C@H](O)C[C@]3(C)[C@@H]4CC[C@]3(O)[C@H](COC(C)=O)OC(C)=O)C2)[C@H](OC(C)=O)[C@@H](OC(C)=O)[C@@H]1OC(C)=O. The molecule has 4 saturated carbocycles. The molecule has 1 saturated heterocycles. The Morgan fingerprint density at radius 3 is 2.02 bits per heavy atom. The summed E-state index contributed by atoms with van der Waals surface area (Å²) in [6, 6.07) is 0. The van der Waals surface area contributed by atoms with Gasteiger partial charge in [0.05, 0.1) is 19.3 Å². The second kappa shape index (κ2) is 16.0. The van der Waals surface area contributed by atoms with E-state index in [2.05, 4.69) is 6.92 Å². The number of aliphatic hydroxyl groups is 2. The van der Waals surface area contributed by atoms with Crippen molar-refractivity contribution in [3.8, 4) is 0 Å². The van der Waals surface area contributed by atoms with Crippen LogP contribution in [-0.4, -0.2) is 114 Å². The van der Waals surface area contributed by atoms with Crippen molar-refractivity contribution in [1.29, 1.82) is 0 Å². The van der Waals surface area contributed by atoms with E-state index in [1.807, 2.05) is 6.92 Å². The molecular weight excluding hydrogens is 712 g/mol. The van der Waals surface area contributed by atoms with Crippen molar-refractivity contribution in [2.75, 3.05) is 13.7 Å². The van der Waals surface area contributed by atoms with Crippen molar-refractivity contribution in [1.82, 2.24) is 0 Å². The van der Waals surface area contributed by atoms with Crippen LogP contribution in [0.4, 0.5) is 0 Å². The number of esters is 6. The highest BCUT2D eigenvalue weighted by molar-refractivity contribution is 5.77. The molecular formula is C38H56O16. The summed E-state index contributed by atoms with van der Waals surface area (Å²) in [5, 5.41) is 24.4. The third-order valence-electron chi connectivity index (χ3n) is 13.2. The van der Waals surface area contributed by atoms with Gasteiger partial charge in [0.25, 0.3) is 0 Å². The zero-order valence-corrected chi connectivity index (χ0v) is 32.4. The Labute approximate surface area is 315 Å². The Morgan fingerprint density at radius 2 is 1.43 bits per heavy atom. The summed E-state index contributed by atoms with van der Waals surface area (Å²) >= 11 is 0. The molecule has 0 radical (unpaired) electrons. The molecule has 5 aliphatic rings. The van der Waals surface area contributed by atoms with Gasteiger partial charge in [0.15, 0.2) is 36.8 Å². The van der Waals surface area contributed by atoms with Gasteiger partial charge in [0.2, 0.25) is 0 Å². The summed E-state index contributed by atoms with van der Waals surface area (Å²) in [7, 11) is 1.12. The molecule has 5 rings (SSSR count). The molecule has 16 heteroatoms. The van der Waals surface area contributed by atoms with Crippen molar-refractivity contribution in [2.45, 2.75) is 154 Å². The van der Waals surface area contributed by atoms with Gasteiger partial charge in [-0.2, -0.15) is 0 Å². The molecule has 54 heavy (non-hydrogen) atoms. The van der Waals surface area contributed by atoms with Gasteiger partial charge < -0.3 is 48.1 Å². The lowest BCUT2D eigenvalue weighted by Gasteiger charge is -2.63. The van der Waals surface area contributed by atoms with E-state index < -0.39 is 95.8 Å². The summed E-state index contributed by atoms with van der Waals surface area (Å²) in [4.78, 5) is 73.3. The van der Waals surface area contributed by atoms with Gasteiger partial charge in [-0.15, -0.1) is 0 Å². The van der Waals surface area contributed by atoms with Crippen LogP contribution < -0.4 is 0 Å². The third-order valence-corrected chi connectivity index (χ3v) is 13.2. The summed E-state index contributed by atoms with van der Waals surface area (Å²) in [6.45, 7) is 9.76. The highest BCUT2D eigenvalue weighted by Gasteiger charge is 2.69. The van der Waals surface area contributed by atoms with E-state index in [4.69, 9.17) is 37.9 Å². The minimum absolute atomic E-state index is 0.0109. The molecule has 1 aliphatic heterocycles. The topological polar surface area (TPSA) is 217 Å². The van der Waals surface area contributed by atoms with Crippen molar-refractivity contribution >= 4 is 35.8 Å². The van der Waals surface area contributed by atoms with Gasteiger partial charge in [-0.3, -0.25) is 24.0 Å². The van der Waals surface area contributed by atoms with Gasteiger partial charge in [0.1, 0.15) is 12.2 Å². The number of methoxy groups -OCH3 is 1. The largest absolute Gasteiger partial charge is 0.467 e. The maximum absolute atomic E-state index is 12.9. The molecule has 1 heterocycles. The zero-order valence-electron chi connectivity index (χ0n) is 32.4. The number of hydrogen-bond acceptors (Lipinski definition) is 16. The molecule has 15 atom stereocenters. The van der Waals surface area contributed by atoms with Gasteiger partial charge in [-0.25, -0.2) is 4.79 Å². The molecule has 0 aromatic heterocycles. The molecule has 0 amide bonds. The van der Waals surface area contributed by atoms with E-state index in [0.29, 0.717) is 32.1 Å². The van der Waals surface area contributed by atoms with Crippen LogP contribution in [0, 0.1) is 34.5 Å². The van der Waals surface area contributed by atoms with Crippen LogP contribution in [0.3, 0.4) is 0 Å². The first-order valence-electron chi connectivity index (χ1n) is 18.9. The Hall–Kier alpha value is -3.34. The van der Waals surface area contributed by atoms with E-state index in [1.165, 1.54) is 13.8 Å². The van der Waals surface area contributed by atoms with E-state index in [9.17, 15) is 39.0 Å². The zero-order chi connectivity index (χ0) is 39.9. The van der Waals surface area contributed by atoms with Gasteiger partial charge in [0, 0.05) is 40.0 Å². The van der Waals surface area contributed by atoms with Gasteiger partial charge in [-0.05, 0) is 80.5 Å². The highest BCUT2D eigenvalue weighted by Crippen LogP contribution is 2.69. The Kier molecular flexibility index (Phi) is 12.4. The second-order valence-electron chi connectivity index (χ2n) is 16.3. The van der Waals surface area contributed by atoms with Crippen molar-refractivity contribution in [2.24, 2.45) is 34.5 Å². The van der Waals surface area contributed by atoms with E-state index >= 15 is 0 Å². The molecule has 0 spiro atoms. The number of aliphatic hydroxyl groups excluding tert-OH is 1. The molecule has 0 bridgehead atoms. The fourth-order valence-electron chi connectivity index (χ4n) is 11.1. The van der Waals surface area contributed by atoms with Crippen molar-refractivity contribution in [3.05, 3.63) is 0 Å². The quantitative estimate of drug-likeness (QED) is 0.185. The molecule has 2 N–H and O–H groups in total. The van der Waals surface area contributed by atoms with Crippen molar-refractivity contribution in [3.63, 3.8) is 0 Å². The lowest BCUT2D eigenvalue weighted by atomic mass is 9.43. The van der Waals surface area contributed by atoms with Crippen LogP contribution in [0.25, 0.3) is 0 Å². The molecule has 304 valence electrons. The maximum atomic E-state index is 12.9. The number of carbonyl (C=O) groups is 6. The Balaban J connectivity index is 1.36. The first kappa shape index (κ1) is 41.8. The minimum Gasteiger partial charge on any atom is -0.467 e. The minimum atomic E-state index is -1.56. The Bertz CT molecular complexity index is 1470. The number of fused-ring (bicyclic) bond motifs is 5. The monoisotopic (exact) mass is 768 g/mol. The van der Waals surface area contributed by atoms with Crippen LogP contribution in [-0.2, 0) is 66.7 Å². The first-order valence-corrected chi connectivity index (χ1v) is 18.9. The molecule has 5 fully saturated rings. The van der Waals surface area contributed by atoms with E-state index in [0.717, 1.165) is 40.7 Å². The summed E-state index contributed by atoms with van der Waals surface area (Å²) in [5.41, 5.74) is -2.65. The average Bonchev–Trinajstić information content (AvgIpc) is 3.34. The standard InChI is InChI=1S/C38H56O16/c1-18(39)48-17-28(49-19(2)40)38(46)14-12-26-25-10-9-23-15-24(11-13-36(23,6)29(25)27(44)16-37(26,38)7)53-35-33(52-22(5)43)31(51-21(4)42)30(50-20(3)41)32(54-35)34(45)47-8/h23-33,35,44,46H,9-17H2,1-8H3/t23-,24-,25+,26-,27-,28+,29-,30+,31+,32+,33-,35-,36-,37-,38+/m1/s1. The normalized spacial score (nSPS) is 41.8. The summed E-state index contributed by atoms with van der Waals surface area (Å²) in [6.07, 6.45) is -5.06. The summed E-state index contributed by atoms with van der Waals surface area (Å²) in [5.74, 6) is -4.31.